The third-order valence-corrected chi connectivity index (χ3v) is 3.61. The lowest BCUT2D eigenvalue weighted by molar-refractivity contribution is 0.0919. The summed E-state index contributed by atoms with van der Waals surface area (Å²) in [6.07, 6.45) is 0. The average Bonchev–Trinajstić information content (AvgIpc) is 2.61. The molecule has 4 nitrogen and oxygen atoms in total. The molecule has 0 amide bonds. The average molecular weight is 324 g/mol. The number of phenols is 2. The second-order valence-electron chi connectivity index (χ2n) is 5.30. The number of phenolic OH excluding ortho intramolecular Hbond substituents is 2. The summed E-state index contributed by atoms with van der Waals surface area (Å²) >= 11 is 0. The molecule has 4 heteroatoms. The van der Waals surface area contributed by atoms with Gasteiger partial charge in [0.05, 0.1) is 5.56 Å². The highest BCUT2D eigenvalue weighted by molar-refractivity contribution is 5.99. The third kappa shape index (κ3) is 3.55. The van der Waals surface area contributed by atoms with E-state index in [1.807, 2.05) is 42.5 Å². The maximum Gasteiger partial charge on any atom is 0.203 e. The van der Waals surface area contributed by atoms with Gasteiger partial charge in [0, 0.05) is 8.92 Å². The Morgan fingerprint density at radius 1 is 0.875 bits per heavy atom. The van der Waals surface area contributed by atoms with Gasteiger partial charge >= 0.3 is 0 Å². The molecule has 3 rings (SSSR count). The number of benzene rings is 3. The van der Waals surface area contributed by atoms with Gasteiger partial charge in [0.25, 0.3) is 0 Å². The number of carbonyl (C=O) groups is 1. The molecule has 0 unspecified atom stereocenters. The maximum absolute atomic E-state index is 12.1. The first-order valence-electron chi connectivity index (χ1n) is 7.47. The van der Waals surface area contributed by atoms with E-state index in [-0.39, 0.29) is 32.3 Å². The number of Topliss-reactive ketones (excluding diaryl/α,β-unsaturated/α-hetero) is 1. The molecule has 0 spiro atoms. The number of hydrogen-bond donors (Lipinski definition) is 2. The summed E-state index contributed by atoms with van der Waals surface area (Å²) in [6.45, 7) is -0.191. The first kappa shape index (κ1) is 15.6. The van der Waals surface area contributed by atoms with E-state index >= 15 is 0 Å². The van der Waals surface area contributed by atoms with Gasteiger partial charge in [-0.05, 0) is 35.4 Å². The van der Waals surface area contributed by atoms with E-state index in [0.29, 0.717) is 5.75 Å². The van der Waals surface area contributed by atoms with Gasteiger partial charge in [0.15, 0.2) is 6.61 Å². The van der Waals surface area contributed by atoms with Gasteiger partial charge in [-0.1, -0.05) is 42.5 Å². The second kappa shape index (κ2) is 6.87. The van der Waals surface area contributed by atoms with Crippen LogP contribution < -0.4 is 4.74 Å². The van der Waals surface area contributed by atoms with Crippen LogP contribution in [0.4, 0.5) is 0 Å². The molecule has 0 saturated heterocycles. The lowest BCUT2D eigenvalue weighted by Gasteiger charge is -2.08. The summed E-state index contributed by atoms with van der Waals surface area (Å²) in [4.78, 5) is 12.1. The number of carbonyl (C=O) groups excluding carboxylic acids is 1. The van der Waals surface area contributed by atoms with Crippen LogP contribution in [0.25, 0.3) is 11.1 Å². The van der Waals surface area contributed by atoms with Crippen molar-refractivity contribution in [3.05, 3.63) is 78.4 Å². The van der Waals surface area contributed by atoms with Crippen molar-refractivity contribution < 1.29 is 22.6 Å². The molecule has 2 N–H and O–H groups in total. The summed E-state index contributed by atoms with van der Waals surface area (Å²) < 4.78 is 5.48. The fourth-order valence-electron chi connectivity index (χ4n) is 2.36. The van der Waals surface area contributed by atoms with Crippen LogP contribution in [0, 0.1) is 0 Å². The van der Waals surface area contributed by atoms with Crippen LogP contribution in [-0.4, -0.2) is 22.6 Å². The zero-order chi connectivity index (χ0) is 16.9. The van der Waals surface area contributed by atoms with Gasteiger partial charge in [-0.2, -0.15) is 0 Å². The molecule has 124 valence electrons. The Balaban J connectivity index is 0.00000169. The number of aromatic hydroxyl groups is 2. The normalized spacial score (nSPS) is 10.3. The van der Waals surface area contributed by atoms with Crippen molar-refractivity contribution in [2.24, 2.45) is 0 Å². The highest BCUT2D eigenvalue weighted by Crippen LogP contribution is 2.24. The molecule has 0 aliphatic rings. The molecule has 0 bridgehead atoms. The molecule has 3 aromatic carbocycles. The van der Waals surface area contributed by atoms with Crippen LogP contribution in [0.3, 0.4) is 0 Å². The molecule has 0 saturated carbocycles. The number of ketones is 1. The largest absolute Gasteiger partial charge is 0.508 e. The Labute approximate surface area is 142 Å². The van der Waals surface area contributed by atoms with Crippen LogP contribution in [-0.2, 0) is 0 Å². The Bertz CT molecular complexity index is 849. The highest BCUT2D eigenvalue weighted by atomic mass is 16.5. The molecule has 0 aliphatic carbocycles. The van der Waals surface area contributed by atoms with Gasteiger partial charge in [-0.3, -0.25) is 4.79 Å². The van der Waals surface area contributed by atoms with Crippen molar-refractivity contribution >= 4 is 5.78 Å². The van der Waals surface area contributed by atoms with E-state index in [2.05, 4.69) is 0 Å². The minimum Gasteiger partial charge on any atom is -0.508 e. The fourth-order valence-corrected chi connectivity index (χ4v) is 2.36. The van der Waals surface area contributed by atoms with E-state index in [9.17, 15) is 15.0 Å². The molecule has 0 heterocycles. The minimum absolute atomic E-state index is 0. The highest BCUT2D eigenvalue weighted by Gasteiger charge is 2.12. The summed E-state index contributed by atoms with van der Waals surface area (Å²) in [5.74, 6) is -0.148. The van der Waals surface area contributed by atoms with Crippen LogP contribution in [0.1, 0.15) is 13.2 Å². The van der Waals surface area contributed by atoms with Gasteiger partial charge in [0.1, 0.15) is 17.2 Å². The Hall–Kier alpha value is -3.27. The first-order valence-corrected chi connectivity index (χ1v) is 7.47. The predicted molar refractivity (Wildman–Crippen MR) is 95.7 cm³/mol. The molecule has 24 heavy (non-hydrogen) atoms. The van der Waals surface area contributed by atoms with Crippen molar-refractivity contribution in [3.8, 4) is 28.4 Å². The van der Waals surface area contributed by atoms with Gasteiger partial charge in [-0.25, -0.2) is 0 Å². The standard InChI is InChI=1S/C20H16O4.2H2/c21-16-8-11-18(19(22)12-16)20(23)13-24-17-9-6-15(7-10-17)14-4-2-1-3-5-14;;/h1-12,21-22H,13H2;2*1H. The van der Waals surface area contributed by atoms with Crippen LogP contribution in [0.5, 0.6) is 17.2 Å². The van der Waals surface area contributed by atoms with Crippen molar-refractivity contribution in [2.45, 2.75) is 0 Å². The predicted octanol–water partition coefficient (Wildman–Crippen LogP) is 4.52. The lowest BCUT2D eigenvalue weighted by Crippen LogP contribution is -2.11. The van der Waals surface area contributed by atoms with E-state index in [0.717, 1.165) is 17.2 Å². The SMILES string of the molecule is O=C(COc1ccc(-c2ccccc2)cc1)c1ccc(O)cc1O.[HH].[HH]. The van der Waals surface area contributed by atoms with Gasteiger partial charge in [-0.15, -0.1) is 0 Å². The van der Waals surface area contributed by atoms with E-state index < -0.39 is 0 Å². The molecular weight excluding hydrogens is 304 g/mol. The Kier molecular flexibility index (Phi) is 4.47. The first-order chi connectivity index (χ1) is 11.6. The summed E-state index contributed by atoms with van der Waals surface area (Å²) in [6, 6.07) is 21.2. The number of hydrogen-bond acceptors (Lipinski definition) is 4. The van der Waals surface area contributed by atoms with Crippen LogP contribution in [0.2, 0.25) is 0 Å². The van der Waals surface area contributed by atoms with Crippen LogP contribution >= 0.6 is 0 Å². The van der Waals surface area contributed by atoms with E-state index in [1.165, 1.54) is 12.1 Å². The topological polar surface area (TPSA) is 66.8 Å². The zero-order valence-electron chi connectivity index (χ0n) is 12.8. The maximum atomic E-state index is 12.1. The van der Waals surface area contributed by atoms with E-state index in [1.54, 1.807) is 12.1 Å². The van der Waals surface area contributed by atoms with Crippen molar-refractivity contribution in [2.75, 3.05) is 6.61 Å². The Morgan fingerprint density at radius 3 is 2.21 bits per heavy atom. The molecule has 0 aliphatic heterocycles. The molecule has 0 fully saturated rings. The third-order valence-electron chi connectivity index (χ3n) is 3.61. The molecule has 0 aromatic heterocycles. The molecule has 3 aromatic rings. The fraction of sp³-hybridized carbons (Fsp3) is 0.0500. The number of ether oxygens (including phenoxy) is 1. The summed E-state index contributed by atoms with van der Waals surface area (Å²) in [7, 11) is 0. The van der Waals surface area contributed by atoms with Gasteiger partial charge in [0.2, 0.25) is 5.78 Å². The second-order valence-corrected chi connectivity index (χ2v) is 5.30. The molecule has 0 atom stereocenters. The minimum atomic E-state index is -0.361. The van der Waals surface area contributed by atoms with Gasteiger partial charge < -0.3 is 14.9 Å². The smallest absolute Gasteiger partial charge is 0.203 e. The van der Waals surface area contributed by atoms with Crippen molar-refractivity contribution in [1.29, 1.82) is 0 Å². The monoisotopic (exact) mass is 324 g/mol. The van der Waals surface area contributed by atoms with E-state index in [4.69, 9.17) is 4.74 Å². The Morgan fingerprint density at radius 2 is 1.54 bits per heavy atom. The number of rotatable bonds is 5. The summed E-state index contributed by atoms with van der Waals surface area (Å²) in [5.41, 5.74) is 2.29. The summed E-state index contributed by atoms with van der Waals surface area (Å²) in [5, 5.41) is 18.9. The molecule has 0 radical (unpaired) electrons. The van der Waals surface area contributed by atoms with Crippen LogP contribution in [0.15, 0.2) is 72.8 Å². The van der Waals surface area contributed by atoms with Crippen molar-refractivity contribution in [1.82, 2.24) is 0 Å². The lowest BCUT2D eigenvalue weighted by atomic mass is 10.1. The zero-order valence-corrected chi connectivity index (χ0v) is 12.8. The van der Waals surface area contributed by atoms with Crippen molar-refractivity contribution in [3.63, 3.8) is 0 Å². The quantitative estimate of drug-likeness (QED) is 0.677. The molecular formula is C20H20O4.